The molecule has 3 heteroatoms. The Kier molecular flexibility index (Phi) is 6.65. The van der Waals surface area contributed by atoms with Gasteiger partial charge in [-0.05, 0) is 24.4 Å². The second kappa shape index (κ2) is 6.59. The van der Waals surface area contributed by atoms with Gasteiger partial charge in [-0.1, -0.05) is 33.6 Å². The fourth-order valence-electron chi connectivity index (χ4n) is 1.58. The van der Waals surface area contributed by atoms with Crippen LogP contribution in [0.4, 0.5) is 0 Å². The van der Waals surface area contributed by atoms with Crippen LogP contribution in [-0.2, 0) is 8.85 Å². The molecule has 0 N–H and O–H groups in total. The molecule has 0 bridgehead atoms. The molecule has 0 aliphatic rings. The molecular formula is C11H26O2Si. The Morgan fingerprint density at radius 3 is 1.86 bits per heavy atom. The zero-order valence-electron chi connectivity index (χ0n) is 10.6. The molecule has 0 saturated heterocycles. The van der Waals surface area contributed by atoms with E-state index in [1.54, 1.807) is 14.2 Å². The number of hydrogen-bond acceptors (Lipinski definition) is 2. The van der Waals surface area contributed by atoms with Crippen molar-refractivity contribution in [2.75, 3.05) is 14.2 Å². The highest BCUT2D eigenvalue weighted by Gasteiger charge is 2.35. The third-order valence-corrected chi connectivity index (χ3v) is 6.82. The van der Waals surface area contributed by atoms with E-state index in [-0.39, 0.29) is 0 Å². The highest BCUT2D eigenvalue weighted by molar-refractivity contribution is 6.67. The molecule has 0 aliphatic carbocycles. The van der Waals surface area contributed by atoms with Crippen LogP contribution in [0.3, 0.4) is 0 Å². The minimum absolute atomic E-state index is 0.580. The summed E-state index contributed by atoms with van der Waals surface area (Å²) in [7, 11) is 1.67. The lowest BCUT2D eigenvalue weighted by molar-refractivity contribution is 0.235. The highest BCUT2D eigenvalue weighted by Crippen LogP contribution is 2.28. The van der Waals surface area contributed by atoms with E-state index in [2.05, 4.69) is 27.3 Å². The van der Waals surface area contributed by atoms with Crippen molar-refractivity contribution in [2.24, 2.45) is 5.92 Å². The third-order valence-electron chi connectivity index (χ3n) is 3.12. The van der Waals surface area contributed by atoms with Crippen molar-refractivity contribution in [1.29, 1.82) is 0 Å². The molecule has 0 rings (SSSR count). The third kappa shape index (κ3) is 4.58. The maximum absolute atomic E-state index is 5.52. The summed E-state index contributed by atoms with van der Waals surface area (Å²) in [6, 6.07) is 0. The van der Waals surface area contributed by atoms with E-state index in [9.17, 15) is 0 Å². The van der Waals surface area contributed by atoms with Gasteiger partial charge in [0.15, 0.2) is 0 Å². The van der Waals surface area contributed by atoms with Crippen molar-refractivity contribution in [3.63, 3.8) is 0 Å². The quantitative estimate of drug-likeness (QED) is 0.608. The van der Waals surface area contributed by atoms with Crippen molar-refractivity contribution < 1.29 is 8.85 Å². The first-order chi connectivity index (χ1) is 6.46. The van der Waals surface area contributed by atoms with Gasteiger partial charge in [0, 0.05) is 14.2 Å². The molecule has 14 heavy (non-hydrogen) atoms. The minimum Gasteiger partial charge on any atom is -0.398 e. The molecule has 0 saturated carbocycles. The summed E-state index contributed by atoms with van der Waals surface area (Å²) < 4.78 is 11.0. The normalized spacial score (nSPS) is 14.8. The van der Waals surface area contributed by atoms with E-state index in [4.69, 9.17) is 8.85 Å². The van der Waals surface area contributed by atoms with E-state index >= 15 is 0 Å². The van der Waals surface area contributed by atoms with Gasteiger partial charge >= 0.3 is 8.56 Å². The van der Waals surface area contributed by atoms with Gasteiger partial charge in [0.1, 0.15) is 0 Å². The standard InChI is InChI=1S/C11H26O2Si/c1-10(2)8-7-9-11(3)14(6,12-4)13-5/h10-11H,7-9H2,1-6H3. The molecule has 0 aromatic rings. The van der Waals surface area contributed by atoms with Gasteiger partial charge in [0.2, 0.25) is 0 Å². The largest absolute Gasteiger partial charge is 0.398 e. The fraction of sp³-hybridized carbons (Fsp3) is 1.00. The molecular weight excluding hydrogens is 192 g/mol. The van der Waals surface area contributed by atoms with E-state index in [0.29, 0.717) is 5.54 Å². The molecule has 0 spiro atoms. The predicted molar refractivity (Wildman–Crippen MR) is 63.7 cm³/mol. The zero-order valence-corrected chi connectivity index (χ0v) is 11.6. The van der Waals surface area contributed by atoms with Gasteiger partial charge < -0.3 is 8.85 Å². The molecule has 0 amide bonds. The van der Waals surface area contributed by atoms with Crippen LogP contribution in [0.5, 0.6) is 0 Å². The first-order valence-corrected chi connectivity index (χ1v) is 7.96. The maximum Gasteiger partial charge on any atom is 0.337 e. The molecule has 0 aromatic heterocycles. The molecule has 86 valence electrons. The number of hydrogen-bond donors (Lipinski definition) is 0. The van der Waals surface area contributed by atoms with Crippen molar-refractivity contribution in [3.05, 3.63) is 0 Å². The van der Waals surface area contributed by atoms with Crippen molar-refractivity contribution in [3.8, 4) is 0 Å². The lowest BCUT2D eigenvalue weighted by Gasteiger charge is -2.29. The van der Waals surface area contributed by atoms with Crippen LogP contribution < -0.4 is 0 Å². The van der Waals surface area contributed by atoms with Crippen molar-refractivity contribution >= 4 is 8.56 Å². The van der Waals surface area contributed by atoms with Gasteiger partial charge in [-0.3, -0.25) is 0 Å². The minimum atomic E-state index is -1.87. The zero-order chi connectivity index (χ0) is 11.2. The van der Waals surface area contributed by atoms with E-state index < -0.39 is 8.56 Å². The Morgan fingerprint density at radius 1 is 1.00 bits per heavy atom. The first kappa shape index (κ1) is 14.1. The van der Waals surface area contributed by atoms with Crippen LogP contribution in [0.1, 0.15) is 40.0 Å². The summed E-state index contributed by atoms with van der Waals surface area (Å²) in [6.07, 6.45) is 3.82. The van der Waals surface area contributed by atoms with Crippen LogP contribution >= 0.6 is 0 Å². The molecule has 1 unspecified atom stereocenters. The molecule has 2 nitrogen and oxygen atoms in total. The van der Waals surface area contributed by atoms with Crippen LogP contribution in [0.15, 0.2) is 0 Å². The Hall–Kier alpha value is 0.137. The van der Waals surface area contributed by atoms with Crippen LogP contribution in [0, 0.1) is 5.92 Å². The van der Waals surface area contributed by atoms with Gasteiger partial charge in [-0.2, -0.15) is 0 Å². The lowest BCUT2D eigenvalue weighted by atomic mass is 10.1. The fourth-order valence-corrected chi connectivity index (χ4v) is 3.28. The molecule has 0 aromatic carbocycles. The molecule has 1 atom stereocenters. The van der Waals surface area contributed by atoms with Gasteiger partial charge in [-0.25, -0.2) is 0 Å². The maximum atomic E-state index is 5.52. The second-order valence-corrected chi connectivity index (χ2v) is 8.48. The van der Waals surface area contributed by atoms with Gasteiger partial charge in [-0.15, -0.1) is 0 Å². The van der Waals surface area contributed by atoms with Crippen LogP contribution in [0.25, 0.3) is 0 Å². The van der Waals surface area contributed by atoms with Crippen LogP contribution in [0.2, 0.25) is 12.1 Å². The molecule has 0 aliphatic heterocycles. The van der Waals surface area contributed by atoms with Gasteiger partial charge in [0.25, 0.3) is 0 Å². The molecule has 0 fully saturated rings. The monoisotopic (exact) mass is 218 g/mol. The molecule has 0 radical (unpaired) electrons. The van der Waals surface area contributed by atoms with E-state index in [1.807, 2.05) is 0 Å². The Balaban J connectivity index is 3.87. The summed E-state index contributed by atoms with van der Waals surface area (Å²) in [4.78, 5) is 0. The highest BCUT2D eigenvalue weighted by atomic mass is 28.4. The summed E-state index contributed by atoms with van der Waals surface area (Å²) >= 11 is 0. The molecule has 0 heterocycles. The van der Waals surface area contributed by atoms with Crippen molar-refractivity contribution in [1.82, 2.24) is 0 Å². The van der Waals surface area contributed by atoms with Gasteiger partial charge in [0.05, 0.1) is 0 Å². The first-order valence-electron chi connectivity index (χ1n) is 5.56. The number of rotatable bonds is 7. The van der Waals surface area contributed by atoms with Crippen LogP contribution in [-0.4, -0.2) is 22.8 Å². The second-order valence-electron chi connectivity index (χ2n) is 4.65. The summed E-state index contributed by atoms with van der Waals surface area (Å²) in [5.74, 6) is 0.806. The average Bonchev–Trinajstić information content (AvgIpc) is 2.15. The SMILES string of the molecule is CO[Si](C)(OC)C(C)CCCC(C)C. The summed E-state index contributed by atoms with van der Waals surface area (Å²) in [5, 5.41) is 0. The predicted octanol–water partition coefficient (Wildman–Crippen LogP) is 3.57. The summed E-state index contributed by atoms with van der Waals surface area (Å²) in [6.45, 7) is 8.94. The van der Waals surface area contributed by atoms with E-state index in [1.165, 1.54) is 19.3 Å². The Labute approximate surface area is 90.2 Å². The summed E-state index contributed by atoms with van der Waals surface area (Å²) in [5.41, 5.74) is 0.580. The smallest absolute Gasteiger partial charge is 0.337 e. The Morgan fingerprint density at radius 2 is 1.50 bits per heavy atom. The Bertz CT molecular complexity index is 144. The lowest BCUT2D eigenvalue weighted by Crippen LogP contribution is -2.40. The average molecular weight is 218 g/mol. The topological polar surface area (TPSA) is 18.5 Å². The van der Waals surface area contributed by atoms with E-state index in [0.717, 1.165) is 5.92 Å². The van der Waals surface area contributed by atoms with Crippen molar-refractivity contribution in [2.45, 2.75) is 52.1 Å².